The number of rotatable bonds is 10. The highest BCUT2D eigenvalue weighted by atomic mass is 19.1. The van der Waals surface area contributed by atoms with Gasteiger partial charge >= 0.3 is 0 Å². The molecule has 0 unspecified atom stereocenters. The van der Waals surface area contributed by atoms with E-state index in [-0.39, 0.29) is 35.4 Å². The molecule has 16 nitrogen and oxygen atoms in total. The number of fused-ring (bicyclic) bond motifs is 2. The Morgan fingerprint density at radius 1 is 0.610 bits per heavy atom. The summed E-state index contributed by atoms with van der Waals surface area (Å²) in [5.74, 6) is 20.4. The molecule has 59 heavy (non-hydrogen) atoms. The van der Waals surface area contributed by atoms with Crippen molar-refractivity contribution in [3.05, 3.63) is 119 Å². The summed E-state index contributed by atoms with van der Waals surface area (Å²) in [5, 5.41) is 13.6. The molecule has 0 atom stereocenters. The van der Waals surface area contributed by atoms with Crippen molar-refractivity contribution in [1.29, 1.82) is 0 Å². The lowest BCUT2D eigenvalue weighted by atomic mass is 9.96. The van der Waals surface area contributed by atoms with E-state index in [4.69, 9.17) is 41.7 Å². The van der Waals surface area contributed by atoms with E-state index in [2.05, 4.69) is 31.7 Å². The summed E-state index contributed by atoms with van der Waals surface area (Å²) in [4.78, 5) is 25.3. The molecule has 2 aromatic heterocycles. The van der Waals surface area contributed by atoms with Gasteiger partial charge in [-0.05, 0) is 93.5 Å². The zero-order valence-corrected chi connectivity index (χ0v) is 31.6. The summed E-state index contributed by atoms with van der Waals surface area (Å²) in [6, 6.07) is 18.9. The van der Waals surface area contributed by atoms with Gasteiger partial charge in [0, 0.05) is 45.4 Å². The second kappa shape index (κ2) is 18.0. The number of hydrazine groups is 2. The topological polar surface area (TPSA) is 256 Å². The molecule has 2 aliphatic rings. The number of carbonyl (C=O) groups is 2. The third kappa shape index (κ3) is 9.03. The first-order valence-electron chi connectivity index (χ1n) is 18.7. The van der Waals surface area contributed by atoms with Crippen LogP contribution in [0, 0.1) is 11.6 Å². The summed E-state index contributed by atoms with van der Waals surface area (Å²) in [5.41, 5.74) is 8.17. The smallest absolute Gasteiger partial charge is 0.259 e. The fourth-order valence-electron chi connectivity index (χ4n) is 6.69. The SMILES string of the molecule is N/N=C(\NN)c1ccc2c(C(=O)Nc3ccc(OC4CCC4)c(F)c3)coc2c1.N/N=C(\NN)c1ccc2c(C(=O)Nc3ccc(OC4CCCC4)c(F)c3)coc2c1. The van der Waals surface area contributed by atoms with Gasteiger partial charge < -0.3 is 51.5 Å². The van der Waals surface area contributed by atoms with Crippen molar-refractivity contribution in [3.63, 3.8) is 0 Å². The van der Waals surface area contributed by atoms with Crippen molar-refractivity contribution in [2.45, 2.75) is 57.2 Å². The molecule has 6 aromatic rings. The lowest BCUT2D eigenvalue weighted by Crippen LogP contribution is -2.31. The predicted molar refractivity (Wildman–Crippen MR) is 218 cm³/mol. The first-order valence-corrected chi connectivity index (χ1v) is 18.7. The average molecular weight is 809 g/mol. The summed E-state index contributed by atoms with van der Waals surface area (Å²) < 4.78 is 50.9. The van der Waals surface area contributed by atoms with Gasteiger partial charge in [-0.1, -0.05) is 12.1 Å². The third-order valence-corrected chi connectivity index (χ3v) is 10.0. The monoisotopic (exact) mass is 808 g/mol. The fraction of sp³-hybridized carbons (Fsp3) is 0.220. The fourth-order valence-corrected chi connectivity index (χ4v) is 6.69. The molecule has 306 valence electrons. The van der Waals surface area contributed by atoms with Crippen LogP contribution in [0.5, 0.6) is 11.5 Å². The van der Waals surface area contributed by atoms with Gasteiger partial charge in [0.25, 0.3) is 11.8 Å². The van der Waals surface area contributed by atoms with E-state index in [1.54, 1.807) is 48.5 Å². The Hall–Kier alpha value is -7.18. The number of hydrogen-bond acceptors (Lipinski definition) is 12. The maximum absolute atomic E-state index is 14.4. The van der Waals surface area contributed by atoms with Crippen LogP contribution in [0.4, 0.5) is 20.2 Å². The molecular weight excluding hydrogens is 767 g/mol. The summed E-state index contributed by atoms with van der Waals surface area (Å²) in [6.07, 6.45) is 9.86. The van der Waals surface area contributed by atoms with Crippen molar-refractivity contribution >= 4 is 56.8 Å². The van der Waals surface area contributed by atoms with E-state index in [0.29, 0.717) is 55.6 Å². The predicted octanol–water partition coefficient (Wildman–Crippen LogP) is 6.07. The van der Waals surface area contributed by atoms with Crippen molar-refractivity contribution in [3.8, 4) is 11.5 Å². The lowest BCUT2D eigenvalue weighted by molar-refractivity contribution is 0.101. The molecule has 0 saturated heterocycles. The van der Waals surface area contributed by atoms with Gasteiger partial charge in [-0.3, -0.25) is 9.59 Å². The molecule has 4 aromatic carbocycles. The van der Waals surface area contributed by atoms with E-state index in [1.807, 2.05) is 0 Å². The van der Waals surface area contributed by atoms with Crippen molar-refractivity contribution < 1.29 is 36.7 Å². The van der Waals surface area contributed by atoms with Gasteiger partial charge in [0.05, 0.1) is 23.3 Å². The lowest BCUT2D eigenvalue weighted by Gasteiger charge is -2.26. The molecule has 12 N–H and O–H groups in total. The maximum atomic E-state index is 14.4. The number of amidine groups is 2. The van der Waals surface area contributed by atoms with Crippen molar-refractivity contribution in [2.75, 3.05) is 10.6 Å². The molecule has 0 bridgehead atoms. The molecule has 2 aliphatic carbocycles. The Bertz CT molecular complexity index is 2550. The third-order valence-electron chi connectivity index (χ3n) is 10.0. The standard InChI is InChI=1S/C21H22FN5O3.C20H20FN5O3/c22-17-10-13(6-8-18(17)30-14-3-1-2-4-14)25-21(28)16-11-29-19-9-12(5-7-15(16)19)20(26-23)27-24;21-16-9-12(5-7-17(16)29-13-2-1-3-13)24-20(27)15-10-28-18-8-11(4-6-14(15)18)19(25-22)26-23/h5-11,14H,1-4,23-24H2,(H,25,28)(H,26,27);4-10,13H,1-3,22-23H2,(H,24,27)(H,25,26). The van der Waals surface area contributed by atoms with Crippen LogP contribution in [0.2, 0.25) is 0 Å². The normalized spacial score (nSPS) is 14.6. The first kappa shape index (κ1) is 40.0. The first-order chi connectivity index (χ1) is 28.7. The summed E-state index contributed by atoms with van der Waals surface area (Å²) in [7, 11) is 0. The Balaban J connectivity index is 0.000000179. The minimum Gasteiger partial charge on any atom is -0.487 e. The van der Waals surface area contributed by atoms with Gasteiger partial charge in [0.1, 0.15) is 23.7 Å². The van der Waals surface area contributed by atoms with Crippen LogP contribution in [0.15, 0.2) is 104 Å². The zero-order chi connectivity index (χ0) is 41.5. The minimum absolute atomic E-state index is 0.0569. The molecule has 0 radical (unpaired) electrons. The van der Waals surface area contributed by atoms with Crippen molar-refractivity contribution in [1.82, 2.24) is 10.9 Å². The van der Waals surface area contributed by atoms with E-state index in [1.165, 1.54) is 36.8 Å². The van der Waals surface area contributed by atoms with E-state index in [9.17, 15) is 18.4 Å². The number of halogens is 2. The highest BCUT2D eigenvalue weighted by Gasteiger charge is 2.22. The second-order valence-electron chi connectivity index (χ2n) is 13.9. The van der Waals surface area contributed by atoms with Crippen LogP contribution in [-0.2, 0) is 0 Å². The Kier molecular flexibility index (Phi) is 12.2. The van der Waals surface area contributed by atoms with Gasteiger partial charge in [-0.25, -0.2) is 20.5 Å². The number of anilines is 2. The summed E-state index contributed by atoms with van der Waals surface area (Å²) >= 11 is 0. The quantitative estimate of drug-likeness (QED) is 0.0340. The molecule has 2 fully saturated rings. The van der Waals surface area contributed by atoms with E-state index >= 15 is 0 Å². The van der Waals surface area contributed by atoms with Crippen LogP contribution in [-0.4, -0.2) is 35.7 Å². The maximum Gasteiger partial charge on any atom is 0.259 e. The highest BCUT2D eigenvalue weighted by molar-refractivity contribution is 6.14. The number of nitrogens with one attached hydrogen (secondary N) is 4. The van der Waals surface area contributed by atoms with Crippen LogP contribution >= 0.6 is 0 Å². The Morgan fingerprint density at radius 3 is 1.39 bits per heavy atom. The Labute approximate surface area is 335 Å². The molecule has 2 heterocycles. The molecule has 8 rings (SSSR count). The van der Waals surface area contributed by atoms with Crippen LogP contribution in [0.25, 0.3) is 21.9 Å². The molecular formula is C41H42F2N10O6. The van der Waals surface area contributed by atoms with Crippen molar-refractivity contribution in [2.24, 2.45) is 33.6 Å². The number of amides is 2. The second-order valence-corrected chi connectivity index (χ2v) is 13.9. The van der Waals surface area contributed by atoms with Gasteiger partial charge in [0.15, 0.2) is 34.8 Å². The Morgan fingerprint density at radius 2 is 1.03 bits per heavy atom. The number of carbonyl (C=O) groups excluding carboxylic acids is 2. The molecule has 2 amide bonds. The highest BCUT2D eigenvalue weighted by Crippen LogP contribution is 2.31. The molecule has 0 spiro atoms. The number of hydrogen-bond donors (Lipinski definition) is 8. The largest absolute Gasteiger partial charge is 0.487 e. The van der Waals surface area contributed by atoms with E-state index in [0.717, 1.165) is 44.9 Å². The number of nitrogens with zero attached hydrogens (tertiary/aromatic N) is 2. The number of hydrazone groups is 2. The summed E-state index contributed by atoms with van der Waals surface area (Å²) in [6.45, 7) is 0. The zero-order valence-electron chi connectivity index (χ0n) is 31.6. The number of ether oxygens (including phenoxy) is 2. The number of nitrogens with two attached hydrogens (primary N) is 4. The molecule has 0 aliphatic heterocycles. The van der Waals surface area contributed by atoms with E-state index < -0.39 is 23.4 Å². The number of benzene rings is 4. The van der Waals surface area contributed by atoms with Crippen LogP contribution in [0.1, 0.15) is 76.8 Å². The van der Waals surface area contributed by atoms with Crippen LogP contribution in [0.3, 0.4) is 0 Å². The van der Waals surface area contributed by atoms with Gasteiger partial charge in [-0.2, -0.15) is 10.2 Å². The molecule has 2 saturated carbocycles. The van der Waals surface area contributed by atoms with Gasteiger partial charge in [0.2, 0.25) is 0 Å². The minimum atomic E-state index is -0.515. The molecule has 18 heteroatoms. The van der Waals surface area contributed by atoms with Crippen LogP contribution < -0.4 is 54.3 Å². The van der Waals surface area contributed by atoms with Gasteiger partial charge in [-0.15, -0.1) is 0 Å². The number of furan rings is 2. The average Bonchev–Trinajstić information content (AvgIpc) is 4.00.